The van der Waals surface area contributed by atoms with Crippen molar-refractivity contribution in [1.82, 2.24) is 5.32 Å². The van der Waals surface area contributed by atoms with E-state index in [1.165, 1.54) is 17.7 Å². The van der Waals surface area contributed by atoms with E-state index in [1.807, 2.05) is 6.08 Å². The predicted octanol–water partition coefficient (Wildman–Crippen LogP) is 3.31. The second kappa shape index (κ2) is 6.76. The highest BCUT2D eigenvalue weighted by atomic mass is 19.4. The molecule has 0 saturated carbocycles. The minimum atomic E-state index is -4.44. The fourth-order valence-electron chi connectivity index (χ4n) is 2.08. The highest BCUT2D eigenvalue weighted by molar-refractivity contribution is 5.72. The van der Waals surface area contributed by atoms with Gasteiger partial charge in [0.15, 0.2) is 0 Å². The Morgan fingerprint density at radius 3 is 2.81 bits per heavy atom. The van der Waals surface area contributed by atoms with E-state index in [1.54, 1.807) is 0 Å². The van der Waals surface area contributed by atoms with Crippen LogP contribution in [0, 0.1) is 0 Å². The molecular formula is C15H16F3NO2. The first-order valence-electron chi connectivity index (χ1n) is 6.72. The minimum Gasteiger partial charge on any atom is -0.427 e. The van der Waals surface area contributed by atoms with Crippen LogP contribution in [-0.4, -0.2) is 19.1 Å². The van der Waals surface area contributed by atoms with Crippen LogP contribution in [0.3, 0.4) is 0 Å². The minimum absolute atomic E-state index is 0.0749. The number of alkyl halides is 3. The fraction of sp³-hybridized carbons (Fsp3) is 0.400. The van der Waals surface area contributed by atoms with Crippen molar-refractivity contribution in [3.05, 3.63) is 41.5 Å². The molecule has 0 atom stereocenters. The lowest BCUT2D eigenvalue weighted by molar-refractivity contribution is -0.139. The summed E-state index contributed by atoms with van der Waals surface area (Å²) >= 11 is 0. The lowest BCUT2D eigenvalue weighted by Crippen LogP contribution is -2.21. The number of hydrogen-bond donors (Lipinski definition) is 1. The number of hydrogen-bond acceptors (Lipinski definition) is 3. The molecule has 21 heavy (non-hydrogen) atoms. The van der Waals surface area contributed by atoms with Crippen molar-refractivity contribution >= 4 is 5.97 Å². The highest BCUT2D eigenvalue weighted by Crippen LogP contribution is 2.31. The van der Waals surface area contributed by atoms with Crippen molar-refractivity contribution in [2.75, 3.05) is 13.1 Å². The summed E-state index contributed by atoms with van der Waals surface area (Å²) in [6.45, 7) is 1.67. The second-order valence-electron chi connectivity index (χ2n) is 4.82. The van der Waals surface area contributed by atoms with E-state index in [9.17, 15) is 18.0 Å². The molecule has 0 amide bonds. The molecule has 1 aliphatic heterocycles. The van der Waals surface area contributed by atoms with E-state index in [2.05, 4.69) is 5.32 Å². The number of carbonyl (C=O) groups is 1. The first kappa shape index (κ1) is 15.6. The first-order valence-corrected chi connectivity index (χ1v) is 6.72. The average Bonchev–Trinajstić information content (AvgIpc) is 2.46. The van der Waals surface area contributed by atoms with E-state index in [4.69, 9.17) is 4.74 Å². The van der Waals surface area contributed by atoms with Gasteiger partial charge in [-0.2, -0.15) is 13.2 Å². The summed E-state index contributed by atoms with van der Waals surface area (Å²) in [5, 5.41) is 3.16. The van der Waals surface area contributed by atoms with Crippen LogP contribution in [0.15, 0.2) is 35.9 Å². The van der Waals surface area contributed by atoms with Gasteiger partial charge in [-0.25, -0.2) is 0 Å². The first-order chi connectivity index (χ1) is 9.95. The van der Waals surface area contributed by atoms with Crippen molar-refractivity contribution in [3.8, 4) is 5.75 Å². The van der Waals surface area contributed by atoms with Gasteiger partial charge in [0, 0.05) is 13.0 Å². The van der Waals surface area contributed by atoms with Crippen molar-refractivity contribution in [1.29, 1.82) is 0 Å². The van der Waals surface area contributed by atoms with Crippen molar-refractivity contribution < 1.29 is 22.7 Å². The molecule has 1 heterocycles. The van der Waals surface area contributed by atoms with Gasteiger partial charge in [-0.15, -0.1) is 0 Å². The van der Waals surface area contributed by atoms with E-state index in [0.717, 1.165) is 31.6 Å². The molecule has 0 bridgehead atoms. The maximum atomic E-state index is 12.5. The molecule has 1 aromatic rings. The van der Waals surface area contributed by atoms with E-state index >= 15 is 0 Å². The normalized spacial score (nSPS) is 15.5. The zero-order chi connectivity index (χ0) is 15.3. The number of esters is 1. The van der Waals surface area contributed by atoms with Crippen LogP contribution in [0.1, 0.15) is 24.8 Å². The Morgan fingerprint density at radius 2 is 2.14 bits per heavy atom. The van der Waals surface area contributed by atoms with Gasteiger partial charge in [-0.1, -0.05) is 17.7 Å². The van der Waals surface area contributed by atoms with Crippen molar-refractivity contribution in [2.24, 2.45) is 0 Å². The molecule has 1 aromatic carbocycles. The molecule has 0 aliphatic carbocycles. The Hall–Kier alpha value is -1.82. The summed E-state index contributed by atoms with van der Waals surface area (Å²) in [7, 11) is 0. The molecule has 0 spiro atoms. The topological polar surface area (TPSA) is 38.3 Å². The van der Waals surface area contributed by atoms with Gasteiger partial charge >= 0.3 is 12.1 Å². The smallest absolute Gasteiger partial charge is 0.416 e. The monoisotopic (exact) mass is 299 g/mol. The Morgan fingerprint density at radius 1 is 1.33 bits per heavy atom. The number of rotatable bonds is 4. The van der Waals surface area contributed by atoms with Crippen molar-refractivity contribution in [2.45, 2.75) is 25.4 Å². The zero-order valence-corrected chi connectivity index (χ0v) is 11.4. The van der Waals surface area contributed by atoms with Crippen LogP contribution in [0.2, 0.25) is 0 Å². The predicted molar refractivity (Wildman–Crippen MR) is 71.9 cm³/mol. The van der Waals surface area contributed by atoms with E-state index in [-0.39, 0.29) is 12.2 Å². The summed E-state index contributed by atoms with van der Waals surface area (Å²) < 4.78 is 42.6. The molecule has 1 aliphatic rings. The molecule has 0 aromatic heterocycles. The maximum absolute atomic E-state index is 12.5. The Bertz CT molecular complexity index is 538. The van der Waals surface area contributed by atoms with Gasteiger partial charge in [0.25, 0.3) is 0 Å². The number of carbonyl (C=O) groups excluding carboxylic acids is 1. The standard InChI is InChI=1S/C15H16F3NO2/c16-15(17,18)12-2-1-3-13(10-12)21-14(20)5-4-11-6-8-19-9-7-11/h1-3,6,10,19H,4-5,7-9H2. The molecule has 0 saturated heterocycles. The molecular weight excluding hydrogens is 283 g/mol. The van der Waals surface area contributed by atoms with Gasteiger partial charge in [-0.05, 0) is 37.6 Å². The van der Waals surface area contributed by atoms with Crippen LogP contribution in [0.4, 0.5) is 13.2 Å². The number of nitrogens with one attached hydrogen (secondary N) is 1. The third-order valence-electron chi connectivity index (χ3n) is 3.20. The van der Waals surface area contributed by atoms with Gasteiger partial charge in [0.05, 0.1) is 5.56 Å². The summed E-state index contributed by atoms with van der Waals surface area (Å²) in [6.07, 6.45) is -0.776. The number of halogens is 3. The molecule has 1 N–H and O–H groups in total. The molecule has 0 fully saturated rings. The molecule has 6 heteroatoms. The lowest BCUT2D eigenvalue weighted by atomic mass is 10.0. The van der Waals surface area contributed by atoms with Crippen LogP contribution in [0.25, 0.3) is 0 Å². The molecule has 0 radical (unpaired) electrons. The Balaban J connectivity index is 1.89. The van der Waals surface area contributed by atoms with Gasteiger partial charge < -0.3 is 10.1 Å². The summed E-state index contributed by atoms with van der Waals surface area (Å²) in [5.74, 6) is -0.595. The lowest BCUT2D eigenvalue weighted by Gasteiger charge is -2.13. The van der Waals surface area contributed by atoms with Crippen LogP contribution in [-0.2, 0) is 11.0 Å². The van der Waals surface area contributed by atoms with Crippen LogP contribution < -0.4 is 10.1 Å². The fourth-order valence-corrected chi connectivity index (χ4v) is 2.08. The summed E-state index contributed by atoms with van der Waals surface area (Å²) in [5.41, 5.74) is 0.351. The maximum Gasteiger partial charge on any atom is 0.416 e. The Labute approximate surface area is 120 Å². The van der Waals surface area contributed by atoms with Crippen molar-refractivity contribution in [3.63, 3.8) is 0 Å². The molecule has 2 rings (SSSR count). The SMILES string of the molecule is O=C(CCC1=CCNCC1)Oc1cccc(C(F)(F)F)c1. The quantitative estimate of drug-likeness (QED) is 0.526. The van der Waals surface area contributed by atoms with E-state index in [0.29, 0.717) is 6.42 Å². The third-order valence-corrected chi connectivity index (χ3v) is 3.20. The van der Waals surface area contributed by atoms with E-state index < -0.39 is 17.7 Å². The van der Waals surface area contributed by atoms with Gasteiger partial charge in [0.2, 0.25) is 0 Å². The van der Waals surface area contributed by atoms with Gasteiger partial charge in [0.1, 0.15) is 5.75 Å². The Kier molecular flexibility index (Phi) is 5.01. The third kappa shape index (κ3) is 4.90. The van der Waals surface area contributed by atoms with Crippen LogP contribution in [0.5, 0.6) is 5.75 Å². The van der Waals surface area contributed by atoms with Crippen LogP contribution >= 0.6 is 0 Å². The second-order valence-corrected chi connectivity index (χ2v) is 4.82. The number of ether oxygens (including phenoxy) is 1. The molecule has 3 nitrogen and oxygen atoms in total. The summed E-state index contributed by atoms with van der Waals surface area (Å²) in [6, 6.07) is 4.34. The largest absolute Gasteiger partial charge is 0.427 e. The number of benzene rings is 1. The zero-order valence-electron chi connectivity index (χ0n) is 11.4. The summed E-state index contributed by atoms with van der Waals surface area (Å²) in [4.78, 5) is 11.7. The highest BCUT2D eigenvalue weighted by Gasteiger charge is 2.30. The molecule has 114 valence electrons. The van der Waals surface area contributed by atoms with Gasteiger partial charge in [-0.3, -0.25) is 4.79 Å². The molecule has 0 unspecified atom stereocenters. The average molecular weight is 299 g/mol.